The Morgan fingerprint density at radius 3 is 2.95 bits per heavy atom. The van der Waals surface area contributed by atoms with Gasteiger partial charge in [0.25, 0.3) is 0 Å². The number of carboxylic acids is 1. The van der Waals surface area contributed by atoms with E-state index in [2.05, 4.69) is 21.2 Å². The number of hydrogen-bond donors (Lipinski definition) is 2. The van der Waals surface area contributed by atoms with Crippen LogP contribution in [0, 0.1) is 0 Å². The van der Waals surface area contributed by atoms with Gasteiger partial charge in [0.05, 0.1) is 6.04 Å². The first-order valence-corrected chi connectivity index (χ1v) is 8.57. The summed E-state index contributed by atoms with van der Waals surface area (Å²) in [5.41, 5.74) is 0.969. The topological polar surface area (TPSA) is 69.6 Å². The molecule has 0 saturated carbocycles. The van der Waals surface area contributed by atoms with Gasteiger partial charge >= 0.3 is 12.0 Å². The Kier molecular flexibility index (Phi) is 5.52. The second kappa shape index (κ2) is 7.17. The lowest BCUT2D eigenvalue weighted by Crippen LogP contribution is -2.54. The van der Waals surface area contributed by atoms with Crippen molar-refractivity contribution in [3.05, 3.63) is 34.3 Å². The van der Waals surface area contributed by atoms with Crippen molar-refractivity contribution in [2.75, 3.05) is 18.1 Å². The van der Waals surface area contributed by atoms with Gasteiger partial charge in [0.15, 0.2) is 0 Å². The van der Waals surface area contributed by atoms with Crippen molar-refractivity contribution in [3.8, 4) is 0 Å². The minimum absolute atomic E-state index is 0.181. The summed E-state index contributed by atoms with van der Waals surface area (Å²) >= 11 is 4.96. The average Bonchev–Trinajstić information content (AvgIpc) is 2.47. The molecule has 7 heteroatoms. The number of nitrogens with zero attached hydrogens (tertiary/aromatic N) is 1. The molecule has 1 fully saturated rings. The summed E-state index contributed by atoms with van der Waals surface area (Å²) < 4.78 is 0.943. The van der Waals surface area contributed by atoms with Gasteiger partial charge in [0, 0.05) is 22.5 Å². The number of carbonyl (C=O) groups is 2. The molecule has 2 amide bonds. The molecule has 0 radical (unpaired) electrons. The van der Waals surface area contributed by atoms with Gasteiger partial charge in [0.2, 0.25) is 0 Å². The molecule has 1 saturated heterocycles. The quantitative estimate of drug-likeness (QED) is 0.855. The van der Waals surface area contributed by atoms with Gasteiger partial charge in [-0.3, -0.25) is 0 Å². The van der Waals surface area contributed by atoms with Crippen LogP contribution in [0.2, 0.25) is 0 Å². The largest absolute Gasteiger partial charge is 0.480 e. The summed E-state index contributed by atoms with van der Waals surface area (Å²) in [7, 11) is 0. The average molecular weight is 373 g/mol. The van der Waals surface area contributed by atoms with Gasteiger partial charge in [-0.1, -0.05) is 28.1 Å². The molecule has 2 N–H and O–H groups in total. The van der Waals surface area contributed by atoms with E-state index in [4.69, 9.17) is 0 Å². The smallest absolute Gasteiger partial charge is 0.327 e. The Hall–Kier alpha value is -1.21. The van der Waals surface area contributed by atoms with Crippen LogP contribution < -0.4 is 5.32 Å². The molecular formula is C14H17BrN2O3S. The molecule has 5 nitrogen and oxygen atoms in total. The number of hydrogen-bond acceptors (Lipinski definition) is 3. The van der Waals surface area contributed by atoms with Crippen LogP contribution in [0.1, 0.15) is 18.5 Å². The standard InChI is InChI=1S/C14H17BrN2O3S/c1-9(10-3-2-4-11(15)7-10)16-14(20)17-5-6-21-8-12(17)13(18)19/h2-4,7,9,12H,5-6,8H2,1H3,(H,16,20)(H,18,19). The van der Waals surface area contributed by atoms with Crippen molar-refractivity contribution in [1.29, 1.82) is 0 Å². The number of carbonyl (C=O) groups excluding carboxylic acids is 1. The molecule has 1 heterocycles. The summed E-state index contributed by atoms with van der Waals surface area (Å²) in [4.78, 5) is 25.0. The number of rotatable bonds is 3. The number of amides is 2. The van der Waals surface area contributed by atoms with E-state index in [-0.39, 0.29) is 12.1 Å². The Balaban J connectivity index is 2.04. The van der Waals surface area contributed by atoms with Gasteiger partial charge in [-0.05, 0) is 24.6 Å². The Morgan fingerprint density at radius 1 is 1.52 bits per heavy atom. The number of nitrogens with one attached hydrogen (secondary N) is 1. The molecular weight excluding hydrogens is 356 g/mol. The third-order valence-corrected chi connectivity index (χ3v) is 4.88. The number of carboxylic acid groups (broad SMARTS) is 1. The molecule has 21 heavy (non-hydrogen) atoms. The van der Waals surface area contributed by atoms with Gasteiger partial charge in [-0.2, -0.15) is 11.8 Å². The highest BCUT2D eigenvalue weighted by Gasteiger charge is 2.32. The summed E-state index contributed by atoms with van der Waals surface area (Å²) in [6.45, 7) is 2.34. The van der Waals surface area contributed by atoms with Crippen molar-refractivity contribution < 1.29 is 14.7 Å². The van der Waals surface area contributed by atoms with Crippen LogP contribution in [0.25, 0.3) is 0 Å². The summed E-state index contributed by atoms with van der Waals surface area (Å²) in [6.07, 6.45) is 0. The van der Waals surface area contributed by atoms with Crippen molar-refractivity contribution in [1.82, 2.24) is 10.2 Å². The van der Waals surface area contributed by atoms with E-state index in [1.165, 1.54) is 4.90 Å². The number of urea groups is 1. The predicted octanol–water partition coefficient (Wildman–Crippen LogP) is 2.72. The van der Waals surface area contributed by atoms with Crippen LogP contribution in [0.4, 0.5) is 4.79 Å². The van der Waals surface area contributed by atoms with E-state index in [0.29, 0.717) is 12.3 Å². The van der Waals surface area contributed by atoms with Crippen molar-refractivity contribution in [2.45, 2.75) is 19.0 Å². The fourth-order valence-electron chi connectivity index (χ4n) is 2.18. The highest BCUT2D eigenvalue weighted by molar-refractivity contribution is 9.10. The fraction of sp³-hybridized carbons (Fsp3) is 0.429. The second-order valence-electron chi connectivity index (χ2n) is 4.85. The third-order valence-electron chi connectivity index (χ3n) is 3.36. The lowest BCUT2D eigenvalue weighted by atomic mass is 10.1. The second-order valence-corrected chi connectivity index (χ2v) is 6.91. The highest BCUT2D eigenvalue weighted by atomic mass is 79.9. The molecule has 114 valence electrons. The molecule has 2 rings (SSSR count). The molecule has 2 unspecified atom stereocenters. The molecule has 1 aromatic carbocycles. The maximum Gasteiger partial charge on any atom is 0.327 e. The molecule has 0 bridgehead atoms. The number of aliphatic carboxylic acids is 1. The van der Waals surface area contributed by atoms with Crippen LogP contribution in [-0.2, 0) is 4.79 Å². The number of benzene rings is 1. The Bertz CT molecular complexity index is 541. The molecule has 2 atom stereocenters. The maximum absolute atomic E-state index is 12.3. The first-order chi connectivity index (χ1) is 9.99. The van der Waals surface area contributed by atoms with Gasteiger partial charge in [0.1, 0.15) is 6.04 Å². The van der Waals surface area contributed by atoms with Crippen molar-refractivity contribution >= 4 is 39.7 Å². The minimum Gasteiger partial charge on any atom is -0.480 e. The minimum atomic E-state index is -0.951. The monoisotopic (exact) mass is 372 g/mol. The molecule has 1 aliphatic rings. The Labute approximate surface area is 136 Å². The van der Waals surface area contributed by atoms with E-state index in [9.17, 15) is 14.7 Å². The van der Waals surface area contributed by atoms with E-state index in [1.807, 2.05) is 31.2 Å². The van der Waals surface area contributed by atoms with E-state index >= 15 is 0 Å². The van der Waals surface area contributed by atoms with Crippen LogP contribution in [-0.4, -0.2) is 46.1 Å². The molecule has 0 spiro atoms. The summed E-state index contributed by atoms with van der Waals surface area (Å²) in [6, 6.07) is 6.43. The van der Waals surface area contributed by atoms with Gasteiger partial charge < -0.3 is 15.3 Å². The lowest BCUT2D eigenvalue weighted by Gasteiger charge is -2.33. The normalized spacial score (nSPS) is 19.9. The molecule has 1 aromatic rings. The zero-order valence-electron chi connectivity index (χ0n) is 11.6. The van der Waals surface area contributed by atoms with Crippen molar-refractivity contribution in [3.63, 3.8) is 0 Å². The zero-order valence-corrected chi connectivity index (χ0v) is 14.0. The summed E-state index contributed by atoms with van der Waals surface area (Å²) in [5, 5.41) is 12.1. The third kappa shape index (κ3) is 4.14. The fourth-order valence-corrected chi connectivity index (χ4v) is 3.63. The van der Waals surface area contributed by atoms with Crippen LogP contribution in [0.3, 0.4) is 0 Å². The van der Waals surface area contributed by atoms with Crippen molar-refractivity contribution in [2.24, 2.45) is 0 Å². The molecule has 0 aliphatic carbocycles. The number of halogens is 1. The van der Waals surface area contributed by atoms with Crippen LogP contribution >= 0.6 is 27.7 Å². The summed E-state index contributed by atoms with van der Waals surface area (Å²) in [5.74, 6) is 0.253. The van der Waals surface area contributed by atoms with Gasteiger partial charge in [-0.25, -0.2) is 9.59 Å². The van der Waals surface area contributed by atoms with E-state index in [0.717, 1.165) is 15.8 Å². The zero-order chi connectivity index (χ0) is 15.4. The molecule has 1 aliphatic heterocycles. The highest BCUT2D eigenvalue weighted by Crippen LogP contribution is 2.20. The maximum atomic E-state index is 12.3. The lowest BCUT2D eigenvalue weighted by molar-refractivity contribution is -0.141. The first-order valence-electron chi connectivity index (χ1n) is 6.62. The molecule has 0 aromatic heterocycles. The Morgan fingerprint density at radius 2 is 2.29 bits per heavy atom. The van der Waals surface area contributed by atoms with Crippen LogP contribution in [0.15, 0.2) is 28.7 Å². The van der Waals surface area contributed by atoms with Crippen LogP contribution in [0.5, 0.6) is 0 Å². The first kappa shape index (κ1) is 16.2. The van der Waals surface area contributed by atoms with Gasteiger partial charge in [-0.15, -0.1) is 0 Å². The van der Waals surface area contributed by atoms with E-state index < -0.39 is 12.0 Å². The van der Waals surface area contributed by atoms with E-state index in [1.54, 1.807) is 11.8 Å². The SMILES string of the molecule is CC(NC(=O)N1CCSCC1C(=O)O)c1cccc(Br)c1. The number of thioether (sulfide) groups is 1. The predicted molar refractivity (Wildman–Crippen MR) is 86.5 cm³/mol.